The van der Waals surface area contributed by atoms with E-state index < -0.39 is 0 Å². The smallest absolute Gasteiger partial charge is 0.181 e. The first-order valence-electron chi connectivity index (χ1n) is 11.3. The fraction of sp³-hybridized carbons (Fsp3) is 0.625. The van der Waals surface area contributed by atoms with E-state index in [1.54, 1.807) is 0 Å². The molecule has 1 aliphatic carbocycles. The predicted octanol–water partition coefficient (Wildman–Crippen LogP) is 5.50. The van der Waals surface area contributed by atoms with E-state index in [0.717, 1.165) is 69.7 Å². The van der Waals surface area contributed by atoms with Gasteiger partial charge in [-0.25, -0.2) is 9.97 Å². The standard InChI is InChI=1S/C24H36ClN5/c1-5-9-20(18(3)19-11-7-6-10-17(19)2)23(26)24-27-21(25)16-22(28-24)30-13-8-12-29(4)14-15-30/h16,19,26H,2,5-15H2,1,3-4H3/b20-18+,26-23?. The second-order valence-electron chi connectivity index (χ2n) is 8.76. The van der Waals surface area contributed by atoms with Gasteiger partial charge in [0.25, 0.3) is 0 Å². The van der Waals surface area contributed by atoms with E-state index in [2.05, 4.69) is 42.3 Å². The largest absolute Gasteiger partial charge is 0.355 e. The first kappa shape index (κ1) is 23.0. The number of hydrogen-bond acceptors (Lipinski definition) is 5. The van der Waals surface area contributed by atoms with Crippen LogP contribution in [-0.4, -0.2) is 53.8 Å². The first-order chi connectivity index (χ1) is 14.4. The van der Waals surface area contributed by atoms with Gasteiger partial charge in [-0.1, -0.05) is 49.1 Å². The van der Waals surface area contributed by atoms with Crippen LogP contribution >= 0.6 is 11.6 Å². The minimum Gasteiger partial charge on any atom is -0.355 e. The number of hydrogen-bond donors (Lipinski definition) is 1. The molecule has 3 rings (SSSR count). The lowest BCUT2D eigenvalue weighted by molar-refractivity contribution is 0.360. The molecule has 1 atom stereocenters. The molecular weight excluding hydrogens is 394 g/mol. The summed E-state index contributed by atoms with van der Waals surface area (Å²) < 4.78 is 0. The number of anilines is 1. The summed E-state index contributed by atoms with van der Waals surface area (Å²) >= 11 is 6.40. The van der Waals surface area contributed by atoms with Crippen molar-refractivity contribution in [2.45, 2.75) is 58.8 Å². The molecule has 30 heavy (non-hydrogen) atoms. The van der Waals surface area contributed by atoms with E-state index in [1.807, 2.05) is 6.07 Å². The van der Waals surface area contributed by atoms with Crippen molar-refractivity contribution < 1.29 is 0 Å². The minimum atomic E-state index is 0.375. The average molecular weight is 430 g/mol. The molecule has 1 saturated heterocycles. The Balaban J connectivity index is 1.92. The zero-order valence-corrected chi connectivity index (χ0v) is 19.6. The molecule has 0 amide bonds. The van der Waals surface area contributed by atoms with E-state index in [4.69, 9.17) is 22.0 Å². The van der Waals surface area contributed by atoms with Crippen LogP contribution in [0.5, 0.6) is 0 Å². The van der Waals surface area contributed by atoms with Gasteiger partial charge >= 0.3 is 0 Å². The van der Waals surface area contributed by atoms with Gasteiger partial charge in [0.05, 0.1) is 0 Å². The maximum absolute atomic E-state index is 8.99. The van der Waals surface area contributed by atoms with Crippen LogP contribution in [0.4, 0.5) is 5.82 Å². The molecule has 5 nitrogen and oxygen atoms in total. The summed E-state index contributed by atoms with van der Waals surface area (Å²) in [6.07, 6.45) is 7.62. The van der Waals surface area contributed by atoms with Crippen LogP contribution in [0, 0.1) is 11.3 Å². The average Bonchev–Trinajstić information content (AvgIpc) is 2.95. The summed E-state index contributed by atoms with van der Waals surface area (Å²) in [5.41, 5.74) is 4.06. The molecule has 1 N–H and O–H groups in total. The van der Waals surface area contributed by atoms with E-state index in [1.165, 1.54) is 24.0 Å². The van der Waals surface area contributed by atoms with Gasteiger partial charge in [-0.05, 0) is 58.2 Å². The molecule has 1 unspecified atom stereocenters. The summed E-state index contributed by atoms with van der Waals surface area (Å²) in [6, 6.07) is 1.84. The monoisotopic (exact) mass is 429 g/mol. The Morgan fingerprint density at radius 1 is 1.20 bits per heavy atom. The maximum atomic E-state index is 8.99. The summed E-state index contributed by atoms with van der Waals surface area (Å²) in [5, 5.41) is 9.40. The van der Waals surface area contributed by atoms with E-state index in [-0.39, 0.29) is 0 Å². The number of nitrogens with zero attached hydrogens (tertiary/aromatic N) is 4. The highest BCUT2D eigenvalue weighted by Crippen LogP contribution is 2.36. The number of aromatic nitrogens is 2. The fourth-order valence-electron chi connectivity index (χ4n) is 4.67. The Labute approximate surface area is 186 Å². The Hall–Kier alpha value is -1.72. The summed E-state index contributed by atoms with van der Waals surface area (Å²) in [4.78, 5) is 13.9. The van der Waals surface area contributed by atoms with Gasteiger partial charge in [0.15, 0.2) is 5.82 Å². The Morgan fingerprint density at radius 2 is 2.00 bits per heavy atom. The molecule has 1 aromatic heterocycles. The van der Waals surface area contributed by atoms with Crippen molar-refractivity contribution in [1.29, 1.82) is 5.41 Å². The molecule has 2 aliphatic rings. The van der Waals surface area contributed by atoms with E-state index in [0.29, 0.717) is 22.6 Å². The third-order valence-electron chi connectivity index (χ3n) is 6.48. The molecule has 0 radical (unpaired) electrons. The first-order valence-corrected chi connectivity index (χ1v) is 11.7. The molecule has 1 saturated carbocycles. The number of nitrogens with one attached hydrogen (secondary N) is 1. The second-order valence-corrected chi connectivity index (χ2v) is 9.15. The minimum absolute atomic E-state index is 0.375. The fourth-order valence-corrected chi connectivity index (χ4v) is 4.85. The number of allylic oxidation sites excluding steroid dienone is 3. The predicted molar refractivity (Wildman–Crippen MR) is 127 cm³/mol. The molecule has 164 valence electrons. The van der Waals surface area contributed by atoms with Crippen molar-refractivity contribution in [2.24, 2.45) is 5.92 Å². The van der Waals surface area contributed by atoms with Gasteiger partial charge in [0.1, 0.15) is 16.7 Å². The van der Waals surface area contributed by atoms with Gasteiger partial charge in [-0.2, -0.15) is 0 Å². The highest BCUT2D eigenvalue weighted by atomic mass is 35.5. The Morgan fingerprint density at radius 3 is 2.73 bits per heavy atom. The SMILES string of the molecule is C=C1CCCCC1/C(C)=C(\CCC)C(=N)c1nc(Cl)cc(N2CCCN(C)CC2)n1. The molecule has 1 aliphatic heterocycles. The van der Waals surface area contributed by atoms with Crippen molar-refractivity contribution in [3.8, 4) is 0 Å². The van der Waals surface area contributed by atoms with E-state index >= 15 is 0 Å². The second kappa shape index (κ2) is 10.5. The molecular formula is C24H36ClN5. The van der Waals surface area contributed by atoms with Crippen LogP contribution in [0.15, 0.2) is 29.4 Å². The molecule has 0 aromatic carbocycles. The zero-order valence-electron chi connectivity index (χ0n) is 18.8. The third-order valence-corrected chi connectivity index (χ3v) is 6.68. The van der Waals surface area contributed by atoms with Crippen LogP contribution in [0.2, 0.25) is 5.15 Å². The lowest BCUT2D eigenvalue weighted by atomic mass is 9.78. The third kappa shape index (κ3) is 5.50. The van der Waals surface area contributed by atoms with Crippen molar-refractivity contribution >= 4 is 23.1 Å². The quantitative estimate of drug-likeness (QED) is 0.368. The summed E-state index contributed by atoms with van der Waals surface area (Å²) in [7, 11) is 2.15. The van der Waals surface area contributed by atoms with Gasteiger partial charge in [0, 0.05) is 31.6 Å². The Bertz CT molecular complexity index is 816. The van der Waals surface area contributed by atoms with Crippen LogP contribution in [0.25, 0.3) is 0 Å². The molecule has 0 bridgehead atoms. The lowest BCUT2D eigenvalue weighted by Gasteiger charge is -2.28. The van der Waals surface area contributed by atoms with Crippen molar-refractivity contribution in [2.75, 3.05) is 38.1 Å². The van der Waals surface area contributed by atoms with Crippen LogP contribution in [0.1, 0.15) is 64.6 Å². The van der Waals surface area contributed by atoms with Crippen molar-refractivity contribution in [1.82, 2.24) is 14.9 Å². The zero-order chi connectivity index (χ0) is 21.7. The normalized spacial score (nSPS) is 21.9. The highest BCUT2D eigenvalue weighted by Gasteiger charge is 2.24. The van der Waals surface area contributed by atoms with Crippen LogP contribution < -0.4 is 4.90 Å². The summed E-state index contributed by atoms with van der Waals surface area (Å²) in [5.74, 6) is 1.65. The maximum Gasteiger partial charge on any atom is 0.181 e. The van der Waals surface area contributed by atoms with Gasteiger partial charge in [0.2, 0.25) is 0 Å². The number of likely N-dealkylation sites (N-methyl/N-ethyl adjacent to an activating group) is 1. The van der Waals surface area contributed by atoms with Crippen molar-refractivity contribution in [3.05, 3.63) is 40.3 Å². The van der Waals surface area contributed by atoms with Crippen LogP contribution in [0.3, 0.4) is 0 Å². The lowest BCUT2D eigenvalue weighted by Crippen LogP contribution is -2.30. The highest BCUT2D eigenvalue weighted by molar-refractivity contribution is 6.29. The molecule has 2 fully saturated rings. The Kier molecular flexibility index (Phi) is 8.06. The molecule has 2 heterocycles. The summed E-state index contributed by atoms with van der Waals surface area (Å²) in [6.45, 7) is 12.6. The van der Waals surface area contributed by atoms with Gasteiger partial charge < -0.3 is 9.80 Å². The van der Waals surface area contributed by atoms with Crippen LogP contribution in [-0.2, 0) is 0 Å². The molecule has 1 aromatic rings. The van der Waals surface area contributed by atoms with E-state index in [9.17, 15) is 0 Å². The van der Waals surface area contributed by atoms with Gasteiger partial charge in [-0.3, -0.25) is 5.41 Å². The molecule has 6 heteroatoms. The van der Waals surface area contributed by atoms with Crippen molar-refractivity contribution in [3.63, 3.8) is 0 Å². The number of halogens is 1. The van der Waals surface area contributed by atoms with Gasteiger partial charge in [-0.15, -0.1) is 0 Å². The topological polar surface area (TPSA) is 56.1 Å². The number of rotatable bonds is 6. The molecule has 0 spiro atoms.